The molecule has 2 aromatic rings. The van der Waals surface area contributed by atoms with Crippen molar-refractivity contribution in [1.82, 2.24) is 4.98 Å². The Kier molecular flexibility index (Phi) is 6.77. The Morgan fingerprint density at radius 1 is 1.20 bits per heavy atom. The van der Waals surface area contributed by atoms with Crippen LogP contribution < -0.4 is 10.6 Å². The number of ether oxygens (including phenoxy) is 1. The molecule has 0 unspecified atom stereocenters. The zero-order valence-corrected chi connectivity index (χ0v) is 14.9. The Morgan fingerprint density at radius 3 is 2.72 bits per heavy atom. The second kappa shape index (κ2) is 9.03. The second-order valence-electron chi connectivity index (χ2n) is 5.38. The van der Waals surface area contributed by atoms with Crippen LogP contribution in [-0.4, -0.2) is 30.5 Å². The van der Waals surface area contributed by atoms with E-state index in [4.69, 9.17) is 11.6 Å². The lowest BCUT2D eigenvalue weighted by Gasteiger charge is -2.10. The molecule has 2 rings (SSSR count). The monoisotopic (exact) mass is 361 g/mol. The van der Waals surface area contributed by atoms with Crippen molar-refractivity contribution >= 4 is 34.9 Å². The lowest BCUT2D eigenvalue weighted by molar-refractivity contribution is 0.0600. The SMILES string of the molecule is CCCCNc1cncc(C(=O)Nc2cc(C(=O)OC)ccc2Cl)c1. The van der Waals surface area contributed by atoms with Crippen LogP contribution in [0.1, 0.15) is 40.5 Å². The fourth-order valence-corrected chi connectivity index (χ4v) is 2.30. The number of hydrogen-bond acceptors (Lipinski definition) is 5. The van der Waals surface area contributed by atoms with Gasteiger partial charge in [-0.2, -0.15) is 0 Å². The van der Waals surface area contributed by atoms with E-state index in [2.05, 4.69) is 27.3 Å². The molecule has 0 atom stereocenters. The van der Waals surface area contributed by atoms with Gasteiger partial charge in [-0.3, -0.25) is 9.78 Å². The van der Waals surface area contributed by atoms with Gasteiger partial charge in [0.15, 0.2) is 0 Å². The van der Waals surface area contributed by atoms with Gasteiger partial charge in [0, 0.05) is 18.9 Å². The number of rotatable bonds is 7. The van der Waals surface area contributed by atoms with Crippen molar-refractivity contribution in [2.24, 2.45) is 0 Å². The van der Waals surface area contributed by atoms with E-state index in [1.807, 2.05) is 0 Å². The van der Waals surface area contributed by atoms with Gasteiger partial charge in [-0.25, -0.2) is 4.79 Å². The Hall–Kier alpha value is -2.60. The molecule has 0 bridgehead atoms. The fourth-order valence-electron chi connectivity index (χ4n) is 2.13. The van der Waals surface area contributed by atoms with E-state index in [0.717, 1.165) is 25.1 Å². The van der Waals surface area contributed by atoms with E-state index in [9.17, 15) is 9.59 Å². The first-order chi connectivity index (χ1) is 12.0. The van der Waals surface area contributed by atoms with E-state index in [0.29, 0.717) is 21.8 Å². The van der Waals surface area contributed by atoms with Crippen LogP contribution in [0.2, 0.25) is 5.02 Å². The summed E-state index contributed by atoms with van der Waals surface area (Å²) in [6, 6.07) is 6.26. The summed E-state index contributed by atoms with van der Waals surface area (Å²) in [6.07, 6.45) is 5.25. The Balaban J connectivity index is 2.14. The molecule has 0 saturated carbocycles. The Labute approximate surface area is 151 Å². The van der Waals surface area contributed by atoms with Crippen molar-refractivity contribution in [2.75, 3.05) is 24.3 Å². The van der Waals surface area contributed by atoms with Gasteiger partial charge in [0.25, 0.3) is 5.91 Å². The van der Waals surface area contributed by atoms with E-state index in [-0.39, 0.29) is 5.91 Å². The maximum Gasteiger partial charge on any atom is 0.337 e. The molecule has 0 aliphatic rings. The molecule has 25 heavy (non-hydrogen) atoms. The zero-order valence-electron chi connectivity index (χ0n) is 14.1. The van der Waals surface area contributed by atoms with Crippen molar-refractivity contribution < 1.29 is 14.3 Å². The number of amides is 1. The highest BCUT2D eigenvalue weighted by Crippen LogP contribution is 2.24. The van der Waals surface area contributed by atoms with Crippen LogP contribution in [0.4, 0.5) is 11.4 Å². The van der Waals surface area contributed by atoms with Crippen LogP contribution in [0.5, 0.6) is 0 Å². The highest BCUT2D eigenvalue weighted by atomic mass is 35.5. The molecule has 0 saturated heterocycles. The average molecular weight is 362 g/mol. The summed E-state index contributed by atoms with van der Waals surface area (Å²) in [7, 11) is 1.29. The van der Waals surface area contributed by atoms with Crippen LogP contribution >= 0.6 is 11.6 Å². The first kappa shape index (κ1) is 18.7. The summed E-state index contributed by atoms with van der Waals surface area (Å²) < 4.78 is 4.67. The number of carbonyl (C=O) groups excluding carboxylic acids is 2. The molecular formula is C18H20ClN3O3. The van der Waals surface area contributed by atoms with Gasteiger partial charge < -0.3 is 15.4 Å². The van der Waals surface area contributed by atoms with Crippen molar-refractivity contribution in [2.45, 2.75) is 19.8 Å². The topological polar surface area (TPSA) is 80.3 Å². The normalized spacial score (nSPS) is 10.2. The Morgan fingerprint density at radius 2 is 2.00 bits per heavy atom. The third-order valence-corrected chi connectivity index (χ3v) is 3.83. The van der Waals surface area contributed by atoms with Crippen LogP contribution in [0.15, 0.2) is 36.7 Å². The number of unbranched alkanes of at least 4 members (excludes halogenated alkanes) is 1. The van der Waals surface area contributed by atoms with E-state index in [1.165, 1.54) is 31.5 Å². The predicted octanol–water partition coefficient (Wildman–Crippen LogP) is 3.99. The molecule has 2 N–H and O–H groups in total. The van der Waals surface area contributed by atoms with Gasteiger partial charge in [-0.05, 0) is 30.7 Å². The highest BCUT2D eigenvalue weighted by Gasteiger charge is 2.13. The van der Waals surface area contributed by atoms with Gasteiger partial charge in [0.2, 0.25) is 0 Å². The molecule has 0 radical (unpaired) electrons. The van der Waals surface area contributed by atoms with Crippen molar-refractivity contribution in [3.8, 4) is 0 Å². The minimum atomic E-state index is -0.504. The molecule has 1 amide bonds. The molecule has 0 aliphatic heterocycles. The number of nitrogens with one attached hydrogen (secondary N) is 2. The molecule has 1 aromatic heterocycles. The number of benzene rings is 1. The summed E-state index contributed by atoms with van der Waals surface area (Å²) in [6.45, 7) is 2.92. The molecule has 0 spiro atoms. The first-order valence-corrected chi connectivity index (χ1v) is 8.31. The van der Waals surface area contributed by atoms with Crippen molar-refractivity contribution in [3.63, 3.8) is 0 Å². The molecule has 0 fully saturated rings. The van der Waals surface area contributed by atoms with Gasteiger partial charge >= 0.3 is 5.97 Å². The summed E-state index contributed by atoms with van der Waals surface area (Å²) in [5.41, 5.74) is 1.80. The number of halogens is 1. The number of nitrogens with zero attached hydrogens (tertiary/aromatic N) is 1. The van der Waals surface area contributed by atoms with Gasteiger partial charge in [0.05, 0.1) is 34.6 Å². The molecule has 0 aliphatic carbocycles. The van der Waals surface area contributed by atoms with Crippen molar-refractivity contribution in [1.29, 1.82) is 0 Å². The second-order valence-corrected chi connectivity index (χ2v) is 5.79. The molecule has 6 nitrogen and oxygen atoms in total. The third kappa shape index (κ3) is 5.19. The number of anilines is 2. The molecule has 1 aromatic carbocycles. The molecule has 1 heterocycles. The maximum atomic E-state index is 12.4. The highest BCUT2D eigenvalue weighted by molar-refractivity contribution is 6.34. The molecular weight excluding hydrogens is 342 g/mol. The van der Waals surface area contributed by atoms with Crippen LogP contribution in [0.25, 0.3) is 0 Å². The number of hydrogen-bond donors (Lipinski definition) is 2. The largest absolute Gasteiger partial charge is 0.465 e. The summed E-state index contributed by atoms with van der Waals surface area (Å²) in [4.78, 5) is 28.1. The number of carbonyl (C=O) groups is 2. The van der Waals surface area contributed by atoms with E-state index in [1.54, 1.807) is 12.3 Å². The number of pyridine rings is 1. The van der Waals surface area contributed by atoms with Crippen LogP contribution in [-0.2, 0) is 4.74 Å². The third-order valence-electron chi connectivity index (χ3n) is 3.50. The number of methoxy groups -OCH3 is 1. The number of esters is 1. The lowest BCUT2D eigenvalue weighted by Crippen LogP contribution is -2.14. The Bertz CT molecular complexity index is 765. The van der Waals surface area contributed by atoms with Gasteiger partial charge in [0.1, 0.15) is 0 Å². The van der Waals surface area contributed by atoms with Gasteiger partial charge in [-0.1, -0.05) is 24.9 Å². The van der Waals surface area contributed by atoms with E-state index >= 15 is 0 Å². The quantitative estimate of drug-likeness (QED) is 0.575. The van der Waals surface area contributed by atoms with E-state index < -0.39 is 5.97 Å². The van der Waals surface area contributed by atoms with Gasteiger partial charge in [-0.15, -0.1) is 0 Å². The average Bonchev–Trinajstić information content (AvgIpc) is 2.63. The minimum Gasteiger partial charge on any atom is -0.465 e. The minimum absolute atomic E-state index is 0.301. The summed E-state index contributed by atoms with van der Waals surface area (Å²) >= 11 is 6.10. The standard InChI is InChI=1S/C18H20ClN3O3/c1-3-4-7-21-14-8-13(10-20-11-14)17(23)22-16-9-12(18(24)25-2)5-6-15(16)19/h5-6,8-11,21H,3-4,7H2,1-2H3,(H,22,23). The summed E-state index contributed by atoms with van der Waals surface area (Å²) in [5, 5.41) is 6.24. The predicted molar refractivity (Wildman–Crippen MR) is 98.4 cm³/mol. The van der Waals surface area contributed by atoms with Crippen LogP contribution in [0.3, 0.4) is 0 Å². The van der Waals surface area contributed by atoms with Crippen LogP contribution in [0, 0.1) is 0 Å². The number of aromatic nitrogens is 1. The molecule has 7 heteroatoms. The zero-order chi connectivity index (χ0) is 18.2. The summed E-state index contributed by atoms with van der Waals surface area (Å²) in [5.74, 6) is -0.869. The molecule has 132 valence electrons. The lowest BCUT2D eigenvalue weighted by atomic mass is 10.2. The maximum absolute atomic E-state index is 12.4. The van der Waals surface area contributed by atoms with Crippen molar-refractivity contribution in [3.05, 3.63) is 52.8 Å². The first-order valence-electron chi connectivity index (χ1n) is 7.93. The fraction of sp³-hybridized carbons (Fsp3) is 0.278. The smallest absolute Gasteiger partial charge is 0.337 e.